The van der Waals surface area contributed by atoms with Crippen LogP contribution < -0.4 is 11.1 Å². The molecule has 0 unspecified atom stereocenters. The number of hydrogen-bond acceptors (Lipinski definition) is 3. The Morgan fingerprint density at radius 2 is 1.95 bits per heavy atom. The molecule has 1 aromatic rings. The van der Waals surface area contributed by atoms with Crippen LogP contribution in [0.4, 0.5) is 0 Å². The minimum absolute atomic E-state index is 0.255. The van der Waals surface area contributed by atoms with E-state index in [4.69, 9.17) is 10.8 Å². The molecule has 0 fully saturated rings. The molecule has 0 spiro atoms. The number of rotatable bonds is 5. The Kier molecular flexibility index (Phi) is 5.49. The van der Waals surface area contributed by atoms with Gasteiger partial charge >= 0.3 is 5.97 Å². The van der Waals surface area contributed by atoms with Gasteiger partial charge in [-0.05, 0) is 34.1 Å². The molecule has 0 saturated carbocycles. The van der Waals surface area contributed by atoms with Crippen molar-refractivity contribution in [2.45, 2.75) is 12.5 Å². The molecule has 8 heteroatoms. The van der Waals surface area contributed by atoms with E-state index in [1.165, 1.54) is 6.07 Å². The molecule has 0 bridgehead atoms. The molecule has 0 heterocycles. The number of carbonyl (C=O) groups is 3. The van der Waals surface area contributed by atoms with E-state index in [0.717, 1.165) is 0 Å². The van der Waals surface area contributed by atoms with E-state index in [2.05, 4.69) is 37.2 Å². The summed E-state index contributed by atoms with van der Waals surface area (Å²) in [5.41, 5.74) is 5.18. The number of carboxylic acid groups (broad SMARTS) is 1. The van der Waals surface area contributed by atoms with Crippen molar-refractivity contribution in [3.63, 3.8) is 0 Å². The van der Waals surface area contributed by atoms with Crippen molar-refractivity contribution >= 4 is 49.6 Å². The summed E-state index contributed by atoms with van der Waals surface area (Å²) in [6.45, 7) is 0. The fraction of sp³-hybridized carbons (Fsp3) is 0.182. The summed E-state index contributed by atoms with van der Waals surface area (Å²) in [4.78, 5) is 33.6. The highest BCUT2D eigenvalue weighted by atomic mass is 79.9. The maximum absolute atomic E-state index is 11.9. The molecule has 0 saturated heterocycles. The monoisotopic (exact) mass is 392 g/mol. The molecule has 0 aliphatic carbocycles. The van der Waals surface area contributed by atoms with Crippen molar-refractivity contribution in [2.24, 2.45) is 5.73 Å². The first-order chi connectivity index (χ1) is 8.81. The number of hydrogen-bond donors (Lipinski definition) is 3. The lowest BCUT2D eigenvalue weighted by atomic mass is 10.1. The Morgan fingerprint density at radius 3 is 2.47 bits per heavy atom. The normalized spacial score (nSPS) is 11.7. The first kappa shape index (κ1) is 15.6. The lowest BCUT2D eigenvalue weighted by molar-refractivity contribution is -0.140. The maximum Gasteiger partial charge on any atom is 0.326 e. The molecule has 19 heavy (non-hydrogen) atoms. The summed E-state index contributed by atoms with van der Waals surface area (Å²) in [6, 6.07) is 3.54. The van der Waals surface area contributed by atoms with Gasteiger partial charge in [0.1, 0.15) is 6.04 Å². The average molecular weight is 394 g/mol. The number of nitrogens with two attached hydrogens (primary N) is 1. The second kappa shape index (κ2) is 6.67. The van der Waals surface area contributed by atoms with Crippen molar-refractivity contribution in [3.8, 4) is 0 Å². The number of benzene rings is 1. The van der Waals surface area contributed by atoms with E-state index in [1.807, 2.05) is 0 Å². The summed E-state index contributed by atoms with van der Waals surface area (Å²) in [6.07, 6.45) is -0.466. The van der Waals surface area contributed by atoms with E-state index in [-0.39, 0.29) is 5.56 Å². The van der Waals surface area contributed by atoms with Crippen LogP contribution in [0, 0.1) is 0 Å². The highest BCUT2D eigenvalue weighted by Crippen LogP contribution is 2.21. The van der Waals surface area contributed by atoms with Gasteiger partial charge in [-0.2, -0.15) is 0 Å². The second-order valence-corrected chi connectivity index (χ2v) is 5.43. The van der Waals surface area contributed by atoms with Crippen molar-refractivity contribution in [1.29, 1.82) is 0 Å². The lowest BCUT2D eigenvalue weighted by Crippen LogP contribution is -2.43. The predicted molar refractivity (Wildman–Crippen MR) is 74.5 cm³/mol. The lowest BCUT2D eigenvalue weighted by Gasteiger charge is -2.13. The molecule has 1 atom stereocenters. The van der Waals surface area contributed by atoms with Gasteiger partial charge in [-0.1, -0.05) is 15.9 Å². The van der Waals surface area contributed by atoms with Crippen molar-refractivity contribution in [1.82, 2.24) is 5.32 Å². The predicted octanol–water partition coefficient (Wildman–Crippen LogP) is 1.27. The summed E-state index contributed by atoms with van der Waals surface area (Å²) in [5.74, 6) is -2.74. The summed E-state index contributed by atoms with van der Waals surface area (Å²) >= 11 is 6.40. The highest BCUT2D eigenvalue weighted by Gasteiger charge is 2.23. The third-order valence-corrected chi connectivity index (χ3v) is 3.37. The van der Waals surface area contributed by atoms with Gasteiger partial charge in [0.15, 0.2) is 0 Å². The van der Waals surface area contributed by atoms with Crippen LogP contribution >= 0.6 is 31.9 Å². The number of carboxylic acids is 1. The zero-order valence-corrected chi connectivity index (χ0v) is 12.7. The van der Waals surface area contributed by atoms with Gasteiger partial charge < -0.3 is 16.2 Å². The Hall–Kier alpha value is -1.41. The van der Waals surface area contributed by atoms with E-state index >= 15 is 0 Å². The maximum atomic E-state index is 11.9. The smallest absolute Gasteiger partial charge is 0.326 e. The van der Waals surface area contributed by atoms with Gasteiger partial charge in [0.05, 0.1) is 12.0 Å². The van der Waals surface area contributed by atoms with Crippen LogP contribution in [0.1, 0.15) is 16.8 Å². The molecule has 1 aromatic carbocycles. The van der Waals surface area contributed by atoms with E-state index in [0.29, 0.717) is 8.95 Å². The number of carbonyl (C=O) groups excluding carboxylic acids is 2. The van der Waals surface area contributed by atoms with E-state index in [9.17, 15) is 14.4 Å². The summed E-state index contributed by atoms with van der Waals surface area (Å²) in [5, 5.41) is 11.1. The van der Waals surface area contributed by atoms with Gasteiger partial charge in [0.2, 0.25) is 5.91 Å². The molecule has 1 rings (SSSR count). The van der Waals surface area contributed by atoms with Crippen molar-refractivity contribution in [2.75, 3.05) is 0 Å². The van der Waals surface area contributed by atoms with Gasteiger partial charge in [0, 0.05) is 8.95 Å². The minimum Gasteiger partial charge on any atom is -0.480 e. The minimum atomic E-state index is -1.35. The number of halogens is 2. The standard InChI is InChI=1S/C11H10Br2N2O4/c12-5-1-2-7(13)6(3-5)10(17)15-8(11(18)19)4-9(14)16/h1-3,8H,4H2,(H2,14,16)(H,15,17)(H,18,19)/t8-/m1/s1. The van der Waals surface area contributed by atoms with Crippen LogP contribution in [-0.2, 0) is 9.59 Å². The summed E-state index contributed by atoms with van der Waals surface area (Å²) in [7, 11) is 0. The molecule has 0 radical (unpaired) electrons. The van der Waals surface area contributed by atoms with E-state index < -0.39 is 30.2 Å². The number of aliphatic carboxylic acids is 1. The van der Waals surface area contributed by atoms with E-state index in [1.54, 1.807) is 12.1 Å². The zero-order valence-electron chi connectivity index (χ0n) is 9.52. The summed E-state index contributed by atoms with van der Waals surface area (Å²) < 4.78 is 1.18. The molecule has 102 valence electrons. The Labute approximate surface area is 125 Å². The topological polar surface area (TPSA) is 109 Å². The van der Waals surface area contributed by atoms with Crippen LogP contribution in [0.3, 0.4) is 0 Å². The van der Waals surface area contributed by atoms with Crippen LogP contribution in [0.2, 0.25) is 0 Å². The number of amides is 2. The van der Waals surface area contributed by atoms with Crippen LogP contribution in [0.5, 0.6) is 0 Å². The molecule has 0 aliphatic heterocycles. The highest BCUT2D eigenvalue weighted by molar-refractivity contribution is 9.11. The fourth-order valence-corrected chi connectivity index (χ4v) is 2.10. The van der Waals surface area contributed by atoms with Crippen LogP contribution in [0.25, 0.3) is 0 Å². The second-order valence-electron chi connectivity index (χ2n) is 3.66. The molecule has 0 aromatic heterocycles. The third kappa shape index (κ3) is 4.64. The Bertz CT molecular complexity index is 533. The Morgan fingerprint density at radius 1 is 1.32 bits per heavy atom. The van der Waals surface area contributed by atoms with Crippen molar-refractivity contribution < 1.29 is 19.5 Å². The molecule has 2 amide bonds. The quantitative estimate of drug-likeness (QED) is 0.699. The SMILES string of the molecule is NC(=O)C[C@@H](NC(=O)c1cc(Br)ccc1Br)C(=O)O. The van der Waals surface area contributed by atoms with Crippen molar-refractivity contribution in [3.05, 3.63) is 32.7 Å². The molecular weight excluding hydrogens is 384 g/mol. The first-order valence-corrected chi connectivity index (χ1v) is 6.67. The zero-order chi connectivity index (χ0) is 14.6. The molecule has 6 nitrogen and oxygen atoms in total. The molecule has 4 N–H and O–H groups in total. The first-order valence-electron chi connectivity index (χ1n) is 5.08. The molecular formula is C11H10Br2N2O4. The number of nitrogens with one attached hydrogen (secondary N) is 1. The van der Waals surface area contributed by atoms with Crippen LogP contribution in [0.15, 0.2) is 27.1 Å². The van der Waals surface area contributed by atoms with Crippen LogP contribution in [-0.4, -0.2) is 28.9 Å². The van der Waals surface area contributed by atoms with Gasteiger partial charge in [-0.15, -0.1) is 0 Å². The number of primary amides is 1. The van der Waals surface area contributed by atoms with Gasteiger partial charge in [0.25, 0.3) is 5.91 Å². The third-order valence-electron chi connectivity index (χ3n) is 2.18. The van der Waals surface area contributed by atoms with Gasteiger partial charge in [-0.25, -0.2) is 4.79 Å². The van der Waals surface area contributed by atoms with Gasteiger partial charge in [-0.3, -0.25) is 9.59 Å². The molecule has 0 aliphatic rings. The fourth-order valence-electron chi connectivity index (χ4n) is 1.31. The average Bonchev–Trinajstić information content (AvgIpc) is 2.30. The largest absolute Gasteiger partial charge is 0.480 e. The Balaban J connectivity index is 2.90.